The Labute approximate surface area is 156 Å². The van der Waals surface area contributed by atoms with Crippen LogP contribution in [-0.2, 0) is 10.0 Å². The lowest BCUT2D eigenvalue weighted by Crippen LogP contribution is -2.27. The van der Waals surface area contributed by atoms with Crippen LogP contribution >= 0.6 is 0 Å². The van der Waals surface area contributed by atoms with Crippen molar-refractivity contribution in [2.24, 2.45) is 0 Å². The summed E-state index contributed by atoms with van der Waals surface area (Å²) in [5, 5.41) is 0. The van der Waals surface area contributed by atoms with Gasteiger partial charge in [0.2, 0.25) is 10.0 Å². The lowest BCUT2D eigenvalue weighted by atomic mass is 9.96. The number of nitrogens with one attached hydrogen (secondary N) is 1. The Kier molecular flexibility index (Phi) is 6.67. The molecule has 0 aliphatic rings. The fourth-order valence-electron chi connectivity index (χ4n) is 2.70. The third-order valence-electron chi connectivity index (χ3n) is 4.62. The van der Waals surface area contributed by atoms with Crippen LogP contribution in [0, 0.1) is 0 Å². The lowest BCUT2D eigenvalue weighted by molar-refractivity contribution is 0.354. The zero-order chi connectivity index (χ0) is 19.3. The third kappa shape index (κ3) is 4.56. The number of methoxy groups -OCH3 is 2. The number of hydrogen-bond acceptors (Lipinski definition) is 4. The van der Waals surface area contributed by atoms with Crippen molar-refractivity contribution in [3.63, 3.8) is 0 Å². The Morgan fingerprint density at radius 1 is 0.923 bits per heavy atom. The second-order valence-corrected chi connectivity index (χ2v) is 8.05. The molecule has 142 valence electrons. The van der Waals surface area contributed by atoms with E-state index in [2.05, 4.69) is 30.7 Å². The lowest BCUT2D eigenvalue weighted by Gasteiger charge is -2.17. The fourth-order valence-corrected chi connectivity index (χ4v) is 3.95. The van der Waals surface area contributed by atoms with E-state index >= 15 is 0 Å². The predicted molar refractivity (Wildman–Crippen MR) is 103 cm³/mol. The molecule has 2 aromatic rings. The summed E-state index contributed by atoms with van der Waals surface area (Å²) in [6.07, 6.45) is 1.07. The van der Waals surface area contributed by atoms with Gasteiger partial charge in [-0.25, -0.2) is 13.1 Å². The van der Waals surface area contributed by atoms with E-state index < -0.39 is 10.0 Å². The van der Waals surface area contributed by atoms with Crippen molar-refractivity contribution < 1.29 is 17.9 Å². The normalized spacial score (nSPS) is 13.9. The van der Waals surface area contributed by atoms with Crippen LogP contribution < -0.4 is 14.2 Å². The highest BCUT2D eigenvalue weighted by atomic mass is 32.2. The maximum absolute atomic E-state index is 12.7. The molecule has 0 saturated carbocycles. The molecular weight excluding hydrogens is 350 g/mol. The molecule has 0 saturated heterocycles. The quantitative estimate of drug-likeness (QED) is 0.747. The van der Waals surface area contributed by atoms with Gasteiger partial charge in [0, 0.05) is 12.1 Å². The zero-order valence-corrected chi connectivity index (χ0v) is 16.8. The Morgan fingerprint density at radius 2 is 1.50 bits per heavy atom. The zero-order valence-electron chi connectivity index (χ0n) is 15.9. The summed E-state index contributed by atoms with van der Waals surface area (Å²) >= 11 is 0. The van der Waals surface area contributed by atoms with Crippen LogP contribution in [0.4, 0.5) is 0 Å². The van der Waals surface area contributed by atoms with Gasteiger partial charge >= 0.3 is 0 Å². The van der Waals surface area contributed by atoms with E-state index in [-0.39, 0.29) is 10.9 Å². The van der Waals surface area contributed by atoms with Crippen molar-refractivity contribution >= 4 is 10.0 Å². The SMILES string of the molecule is CCC(C)c1ccc(C(C)NS(=O)(=O)c2ccc(OC)c(OC)c2)cc1. The minimum atomic E-state index is -3.68. The second kappa shape index (κ2) is 8.56. The Bertz CT molecular complexity index is 831. The van der Waals surface area contributed by atoms with Gasteiger partial charge in [-0.2, -0.15) is 0 Å². The topological polar surface area (TPSA) is 64.6 Å². The van der Waals surface area contributed by atoms with Gasteiger partial charge in [-0.1, -0.05) is 38.1 Å². The van der Waals surface area contributed by atoms with E-state index in [9.17, 15) is 8.42 Å². The number of rotatable bonds is 8. The minimum absolute atomic E-state index is 0.137. The highest BCUT2D eigenvalue weighted by molar-refractivity contribution is 7.89. The Balaban J connectivity index is 2.20. The Morgan fingerprint density at radius 3 is 2.04 bits per heavy atom. The van der Waals surface area contributed by atoms with E-state index in [0.717, 1.165) is 12.0 Å². The largest absolute Gasteiger partial charge is 0.493 e. The van der Waals surface area contributed by atoms with Crippen molar-refractivity contribution in [1.29, 1.82) is 0 Å². The van der Waals surface area contributed by atoms with Gasteiger partial charge in [-0.3, -0.25) is 0 Å². The first kappa shape index (κ1) is 20.3. The number of sulfonamides is 1. The van der Waals surface area contributed by atoms with Crippen LogP contribution in [0.25, 0.3) is 0 Å². The van der Waals surface area contributed by atoms with Crippen LogP contribution in [0.2, 0.25) is 0 Å². The first-order valence-electron chi connectivity index (χ1n) is 8.66. The molecule has 0 amide bonds. The number of ether oxygens (including phenoxy) is 2. The molecule has 0 bridgehead atoms. The first-order chi connectivity index (χ1) is 12.3. The van der Waals surface area contributed by atoms with Crippen LogP contribution in [0.15, 0.2) is 47.4 Å². The van der Waals surface area contributed by atoms with Gasteiger partial charge in [0.15, 0.2) is 11.5 Å². The van der Waals surface area contributed by atoms with Crippen LogP contribution in [0.1, 0.15) is 50.3 Å². The van der Waals surface area contributed by atoms with Gasteiger partial charge in [0.05, 0.1) is 19.1 Å². The summed E-state index contributed by atoms with van der Waals surface area (Å²) in [6, 6.07) is 12.3. The molecule has 2 atom stereocenters. The molecule has 0 spiro atoms. The molecule has 2 aromatic carbocycles. The highest BCUT2D eigenvalue weighted by Gasteiger charge is 2.20. The minimum Gasteiger partial charge on any atom is -0.493 e. The van der Waals surface area contributed by atoms with Crippen molar-refractivity contribution in [1.82, 2.24) is 4.72 Å². The number of hydrogen-bond donors (Lipinski definition) is 1. The van der Waals surface area contributed by atoms with Gasteiger partial charge in [0.25, 0.3) is 0 Å². The molecule has 26 heavy (non-hydrogen) atoms. The monoisotopic (exact) mass is 377 g/mol. The molecule has 2 rings (SSSR count). The molecule has 6 heteroatoms. The summed E-state index contributed by atoms with van der Waals surface area (Å²) in [4.78, 5) is 0.137. The molecule has 1 N–H and O–H groups in total. The molecule has 0 heterocycles. The van der Waals surface area contributed by atoms with Crippen molar-refractivity contribution in [3.05, 3.63) is 53.6 Å². The number of benzene rings is 2. The van der Waals surface area contributed by atoms with Gasteiger partial charge < -0.3 is 9.47 Å². The van der Waals surface area contributed by atoms with Crippen molar-refractivity contribution in [3.8, 4) is 11.5 Å². The van der Waals surface area contributed by atoms with Gasteiger partial charge in [-0.15, -0.1) is 0 Å². The average Bonchev–Trinajstić information content (AvgIpc) is 2.66. The fraction of sp³-hybridized carbons (Fsp3) is 0.400. The van der Waals surface area contributed by atoms with Crippen LogP contribution in [-0.4, -0.2) is 22.6 Å². The summed E-state index contributed by atoms with van der Waals surface area (Å²) < 4.78 is 38.5. The summed E-state index contributed by atoms with van der Waals surface area (Å²) in [7, 11) is -0.697. The highest BCUT2D eigenvalue weighted by Crippen LogP contribution is 2.30. The molecule has 0 fully saturated rings. The Hall–Kier alpha value is -2.05. The summed E-state index contributed by atoms with van der Waals surface area (Å²) in [5.41, 5.74) is 2.17. The molecule has 0 aromatic heterocycles. The van der Waals surface area contributed by atoms with E-state index in [1.807, 2.05) is 19.1 Å². The molecule has 0 aliphatic carbocycles. The summed E-state index contributed by atoms with van der Waals surface area (Å²) in [6.45, 7) is 6.16. The maximum Gasteiger partial charge on any atom is 0.241 e. The van der Waals surface area contributed by atoms with Crippen molar-refractivity contribution in [2.75, 3.05) is 14.2 Å². The van der Waals surface area contributed by atoms with Crippen LogP contribution in [0.5, 0.6) is 11.5 Å². The smallest absolute Gasteiger partial charge is 0.241 e. The molecule has 0 radical (unpaired) electrons. The first-order valence-corrected chi connectivity index (χ1v) is 10.1. The predicted octanol–water partition coefficient (Wildman–Crippen LogP) is 4.26. The third-order valence-corrected chi connectivity index (χ3v) is 6.15. The molecule has 0 aliphatic heterocycles. The standard InChI is InChI=1S/C20H27NO4S/c1-6-14(2)16-7-9-17(10-8-16)15(3)21-26(22,23)18-11-12-19(24-4)20(13-18)25-5/h7-15,21H,6H2,1-5H3. The molecular formula is C20H27NO4S. The maximum atomic E-state index is 12.7. The van der Waals surface area contributed by atoms with Gasteiger partial charge in [-0.05, 0) is 42.5 Å². The van der Waals surface area contributed by atoms with E-state index in [4.69, 9.17) is 9.47 Å². The molecule has 5 nitrogen and oxygen atoms in total. The van der Waals surface area contributed by atoms with Crippen LogP contribution in [0.3, 0.4) is 0 Å². The van der Waals surface area contributed by atoms with Gasteiger partial charge in [0.1, 0.15) is 0 Å². The average molecular weight is 378 g/mol. The summed E-state index contributed by atoms with van der Waals surface area (Å²) in [5.74, 6) is 1.35. The van der Waals surface area contributed by atoms with E-state index in [1.54, 1.807) is 6.07 Å². The van der Waals surface area contributed by atoms with E-state index in [0.29, 0.717) is 17.4 Å². The van der Waals surface area contributed by atoms with Crippen molar-refractivity contribution in [2.45, 2.75) is 44.0 Å². The molecule has 2 unspecified atom stereocenters. The second-order valence-electron chi connectivity index (χ2n) is 6.34. The van der Waals surface area contributed by atoms with E-state index in [1.165, 1.54) is 31.9 Å².